The third-order valence-electron chi connectivity index (χ3n) is 2.74. The molecule has 1 unspecified atom stereocenters. The van der Waals surface area contributed by atoms with E-state index in [1.54, 1.807) is 11.3 Å². The van der Waals surface area contributed by atoms with Gasteiger partial charge in [-0.05, 0) is 36.4 Å². The van der Waals surface area contributed by atoms with Crippen molar-refractivity contribution < 1.29 is 0 Å². The molecule has 0 spiro atoms. The Kier molecular flexibility index (Phi) is 5.25. The monoisotopic (exact) mass is 343 g/mol. The second-order valence-corrected chi connectivity index (χ2v) is 6.79. The van der Waals surface area contributed by atoms with Crippen molar-refractivity contribution in [1.82, 2.24) is 5.32 Å². The van der Waals surface area contributed by atoms with E-state index in [0.717, 1.165) is 21.8 Å². The molecule has 0 aliphatic heterocycles. The molecule has 0 bridgehead atoms. The molecule has 0 radical (unpaired) electrons. The molecular weight excluding hydrogens is 330 g/mol. The molecule has 1 heterocycles. The fourth-order valence-corrected chi connectivity index (χ4v) is 3.49. The van der Waals surface area contributed by atoms with Gasteiger partial charge in [0.25, 0.3) is 0 Å². The predicted octanol–water partition coefficient (Wildman–Crippen LogP) is 5.06. The molecule has 0 aliphatic rings. The van der Waals surface area contributed by atoms with Crippen LogP contribution in [0.3, 0.4) is 0 Å². The molecule has 0 aliphatic carbocycles. The van der Waals surface area contributed by atoms with Crippen molar-refractivity contribution in [3.63, 3.8) is 0 Å². The van der Waals surface area contributed by atoms with Crippen LogP contribution in [0.5, 0.6) is 0 Å². The summed E-state index contributed by atoms with van der Waals surface area (Å²) in [7, 11) is 0. The zero-order valence-electron chi connectivity index (χ0n) is 10.1. The van der Waals surface area contributed by atoms with E-state index in [-0.39, 0.29) is 0 Å². The molecule has 1 atom stereocenters. The van der Waals surface area contributed by atoms with Gasteiger partial charge >= 0.3 is 0 Å². The molecular formula is C14H15BrClNS. The van der Waals surface area contributed by atoms with E-state index in [4.69, 9.17) is 11.6 Å². The third kappa shape index (κ3) is 3.82. The minimum atomic E-state index is 0.335. The van der Waals surface area contributed by atoms with E-state index in [0.29, 0.717) is 6.04 Å². The Bertz CT molecular complexity index is 512. The maximum Gasteiger partial charge on any atom is 0.0931 e. The first-order chi connectivity index (χ1) is 8.69. The maximum atomic E-state index is 5.98. The van der Waals surface area contributed by atoms with Crippen LogP contribution in [0.15, 0.2) is 40.9 Å². The second kappa shape index (κ2) is 6.71. The maximum absolute atomic E-state index is 5.98. The molecule has 0 fully saturated rings. The van der Waals surface area contributed by atoms with Gasteiger partial charge in [0.1, 0.15) is 0 Å². The molecule has 0 saturated heterocycles. The van der Waals surface area contributed by atoms with Crippen molar-refractivity contribution in [3.8, 4) is 0 Å². The molecule has 18 heavy (non-hydrogen) atoms. The van der Waals surface area contributed by atoms with Crippen molar-refractivity contribution in [2.45, 2.75) is 19.4 Å². The molecule has 2 aromatic rings. The fourth-order valence-electron chi connectivity index (χ4n) is 1.94. The number of hydrogen-bond acceptors (Lipinski definition) is 2. The fraction of sp³-hybridized carbons (Fsp3) is 0.286. The number of thiophene rings is 1. The Morgan fingerprint density at radius 1 is 1.33 bits per heavy atom. The summed E-state index contributed by atoms with van der Waals surface area (Å²) in [5, 5.41) is 3.53. The Hall–Kier alpha value is -0.350. The van der Waals surface area contributed by atoms with Crippen molar-refractivity contribution >= 4 is 38.9 Å². The normalized spacial score (nSPS) is 12.6. The van der Waals surface area contributed by atoms with E-state index in [2.05, 4.69) is 58.5 Å². The Labute approximate surface area is 125 Å². The van der Waals surface area contributed by atoms with Gasteiger partial charge in [0.05, 0.1) is 4.34 Å². The second-order valence-electron chi connectivity index (χ2n) is 4.08. The van der Waals surface area contributed by atoms with Crippen LogP contribution in [0, 0.1) is 0 Å². The van der Waals surface area contributed by atoms with Crippen LogP contribution in [0.4, 0.5) is 0 Å². The van der Waals surface area contributed by atoms with Crippen LogP contribution >= 0.6 is 38.9 Å². The molecule has 1 N–H and O–H groups in total. The summed E-state index contributed by atoms with van der Waals surface area (Å²) in [6.45, 7) is 3.09. The van der Waals surface area contributed by atoms with Gasteiger partial charge in [-0.25, -0.2) is 0 Å². The largest absolute Gasteiger partial charge is 0.310 e. The standard InChI is InChI=1S/C14H15BrClNS/c1-2-17-13(9-12-6-7-14(16)18-12)10-4-3-5-11(15)8-10/h3-8,13,17H,2,9H2,1H3. The van der Waals surface area contributed by atoms with E-state index in [1.165, 1.54) is 10.4 Å². The SMILES string of the molecule is CCNC(Cc1ccc(Cl)s1)c1cccc(Br)c1. The molecule has 0 amide bonds. The van der Waals surface area contributed by atoms with Gasteiger partial charge in [-0.15, -0.1) is 11.3 Å². The first-order valence-corrected chi connectivity index (χ1v) is 7.91. The predicted molar refractivity (Wildman–Crippen MR) is 83.6 cm³/mol. The number of benzene rings is 1. The number of rotatable bonds is 5. The zero-order valence-corrected chi connectivity index (χ0v) is 13.3. The first-order valence-electron chi connectivity index (χ1n) is 5.92. The van der Waals surface area contributed by atoms with Crippen LogP contribution in [0.2, 0.25) is 4.34 Å². The lowest BCUT2D eigenvalue weighted by molar-refractivity contribution is 0.553. The summed E-state index contributed by atoms with van der Waals surface area (Å²) in [6.07, 6.45) is 0.974. The molecule has 2 rings (SSSR count). The van der Waals surface area contributed by atoms with Gasteiger partial charge in [0.15, 0.2) is 0 Å². The number of hydrogen-bond donors (Lipinski definition) is 1. The highest BCUT2D eigenvalue weighted by molar-refractivity contribution is 9.10. The Balaban J connectivity index is 2.17. The minimum absolute atomic E-state index is 0.335. The lowest BCUT2D eigenvalue weighted by atomic mass is 10.0. The quantitative estimate of drug-likeness (QED) is 0.799. The van der Waals surface area contributed by atoms with Crippen molar-refractivity contribution in [2.24, 2.45) is 0 Å². The van der Waals surface area contributed by atoms with Crippen LogP contribution in [0.25, 0.3) is 0 Å². The van der Waals surface area contributed by atoms with Crippen LogP contribution in [0.1, 0.15) is 23.4 Å². The first kappa shape index (κ1) is 14.1. The Morgan fingerprint density at radius 2 is 2.17 bits per heavy atom. The summed E-state index contributed by atoms with van der Waals surface area (Å²) in [5.41, 5.74) is 1.30. The highest BCUT2D eigenvalue weighted by Gasteiger charge is 2.12. The van der Waals surface area contributed by atoms with Crippen molar-refractivity contribution in [2.75, 3.05) is 6.54 Å². The lowest BCUT2D eigenvalue weighted by Crippen LogP contribution is -2.22. The Morgan fingerprint density at radius 3 is 2.78 bits per heavy atom. The van der Waals surface area contributed by atoms with Gasteiger partial charge in [-0.2, -0.15) is 0 Å². The summed E-state index contributed by atoms with van der Waals surface area (Å²) in [4.78, 5) is 1.31. The van der Waals surface area contributed by atoms with Crippen LogP contribution < -0.4 is 5.32 Å². The van der Waals surface area contributed by atoms with Crippen LogP contribution in [-0.2, 0) is 6.42 Å². The average molecular weight is 345 g/mol. The van der Waals surface area contributed by atoms with Gasteiger partial charge in [0, 0.05) is 21.8 Å². The summed E-state index contributed by atoms with van der Waals surface area (Å²) in [5.74, 6) is 0. The van der Waals surface area contributed by atoms with Crippen molar-refractivity contribution in [1.29, 1.82) is 0 Å². The third-order valence-corrected chi connectivity index (χ3v) is 4.48. The zero-order chi connectivity index (χ0) is 13.0. The smallest absolute Gasteiger partial charge is 0.0931 e. The van der Waals surface area contributed by atoms with Gasteiger partial charge < -0.3 is 5.32 Å². The van der Waals surface area contributed by atoms with Gasteiger partial charge in [-0.1, -0.05) is 46.6 Å². The van der Waals surface area contributed by atoms with E-state index in [1.807, 2.05) is 6.07 Å². The van der Waals surface area contributed by atoms with E-state index < -0.39 is 0 Å². The molecule has 1 nitrogen and oxygen atoms in total. The minimum Gasteiger partial charge on any atom is -0.310 e. The van der Waals surface area contributed by atoms with Crippen molar-refractivity contribution in [3.05, 3.63) is 55.6 Å². The van der Waals surface area contributed by atoms with E-state index in [9.17, 15) is 0 Å². The topological polar surface area (TPSA) is 12.0 Å². The van der Waals surface area contributed by atoms with E-state index >= 15 is 0 Å². The highest BCUT2D eigenvalue weighted by atomic mass is 79.9. The average Bonchev–Trinajstić information content (AvgIpc) is 2.74. The summed E-state index contributed by atoms with van der Waals surface area (Å²) >= 11 is 11.2. The molecule has 1 aromatic carbocycles. The van der Waals surface area contributed by atoms with Gasteiger partial charge in [0.2, 0.25) is 0 Å². The molecule has 1 aromatic heterocycles. The molecule has 4 heteroatoms. The molecule has 0 saturated carbocycles. The number of halogens is 2. The van der Waals surface area contributed by atoms with Crippen LogP contribution in [-0.4, -0.2) is 6.54 Å². The summed E-state index contributed by atoms with van der Waals surface area (Å²) < 4.78 is 1.97. The summed E-state index contributed by atoms with van der Waals surface area (Å²) in [6, 6.07) is 12.9. The molecule has 96 valence electrons. The highest BCUT2D eigenvalue weighted by Crippen LogP contribution is 2.27. The van der Waals surface area contributed by atoms with Gasteiger partial charge in [-0.3, -0.25) is 0 Å². The number of likely N-dealkylation sites (N-methyl/N-ethyl adjacent to an activating group) is 1. The lowest BCUT2D eigenvalue weighted by Gasteiger charge is -2.18. The number of nitrogens with one attached hydrogen (secondary N) is 1.